The molecule has 0 bridgehead atoms. The first-order chi connectivity index (χ1) is 11.2. The maximum absolute atomic E-state index is 12.9. The quantitative estimate of drug-likeness (QED) is 0.595. The minimum absolute atomic E-state index is 0.256. The van der Waals surface area contributed by atoms with Crippen LogP contribution >= 0.6 is 0 Å². The lowest BCUT2D eigenvalue weighted by Crippen LogP contribution is -2.22. The average Bonchev–Trinajstić information content (AvgIpc) is 2.92. The minimum atomic E-state index is -0.403. The van der Waals surface area contributed by atoms with Crippen LogP contribution in [-0.2, 0) is 9.53 Å². The van der Waals surface area contributed by atoms with Gasteiger partial charge in [-0.1, -0.05) is 31.9 Å². The number of benzene rings is 1. The molecule has 0 N–H and O–H groups in total. The summed E-state index contributed by atoms with van der Waals surface area (Å²) < 4.78 is 18.3. The fourth-order valence-electron chi connectivity index (χ4n) is 3.42. The van der Waals surface area contributed by atoms with Gasteiger partial charge in [-0.05, 0) is 55.4 Å². The highest BCUT2D eigenvalue weighted by Gasteiger charge is 2.32. The molecule has 1 aromatic carbocycles. The highest BCUT2D eigenvalue weighted by molar-refractivity contribution is 6.07. The fraction of sp³-hybridized carbons (Fsp3) is 0.474. The van der Waals surface area contributed by atoms with Crippen LogP contribution in [0.1, 0.15) is 51.0 Å². The first-order valence-corrected chi connectivity index (χ1v) is 8.43. The number of cyclic esters (lactones) is 1. The smallest absolute Gasteiger partial charge is 0.363 e. The second-order valence-corrected chi connectivity index (χ2v) is 6.43. The molecule has 1 heterocycles. The molecule has 0 spiro atoms. The molecule has 0 atom stereocenters. The van der Waals surface area contributed by atoms with E-state index in [1.165, 1.54) is 37.8 Å². The molecule has 0 saturated heterocycles. The maximum Gasteiger partial charge on any atom is 0.363 e. The van der Waals surface area contributed by atoms with Crippen molar-refractivity contribution in [3.63, 3.8) is 0 Å². The molecule has 23 heavy (non-hydrogen) atoms. The number of halogens is 1. The summed E-state index contributed by atoms with van der Waals surface area (Å²) in [7, 11) is 0. The molecule has 1 aromatic rings. The summed E-state index contributed by atoms with van der Waals surface area (Å²) in [6.07, 6.45) is 8.63. The van der Waals surface area contributed by atoms with Gasteiger partial charge in [0.1, 0.15) is 5.82 Å². The number of rotatable bonds is 4. The van der Waals surface area contributed by atoms with Crippen molar-refractivity contribution < 1.29 is 13.9 Å². The van der Waals surface area contributed by atoms with Crippen LogP contribution in [0, 0.1) is 17.7 Å². The third-order valence-electron chi connectivity index (χ3n) is 4.70. The van der Waals surface area contributed by atoms with Crippen LogP contribution in [0.3, 0.4) is 0 Å². The summed E-state index contributed by atoms with van der Waals surface area (Å²) in [4.78, 5) is 16.4. The number of hydrogen-bond donors (Lipinski definition) is 0. The third-order valence-corrected chi connectivity index (χ3v) is 4.70. The Morgan fingerprint density at radius 2 is 1.91 bits per heavy atom. The molecule has 3 rings (SSSR count). The second kappa shape index (κ2) is 7.07. The number of carbonyl (C=O) groups is 1. The Labute approximate surface area is 136 Å². The highest BCUT2D eigenvalue weighted by atomic mass is 19.1. The summed E-state index contributed by atoms with van der Waals surface area (Å²) in [5.74, 6) is 0.932. The molecule has 0 amide bonds. The summed E-state index contributed by atoms with van der Waals surface area (Å²) >= 11 is 0. The van der Waals surface area contributed by atoms with Gasteiger partial charge in [-0.2, -0.15) is 0 Å². The van der Waals surface area contributed by atoms with Crippen LogP contribution in [0.25, 0.3) is 6.08 Å². The fourth-order valence-corrected chi connectivity index (χ4v) is 3.42. The number of carbonyl (C=O) groups excluding carboxylic acids is 1. The van der Waals surface area contributed by atoms with E-state index in [1.54, 1.807) is 18.2 Å². The van der Waals surface area contributed by atoms with E-state index in [2.05, 4.69) is 11.9 Å². The van der Waals surface area contributed by atoms with Crippen molar-refractivity contribution >= 4 is 17.9 Å². The van der Waals surface area contributed by atoms with E-state index < -0.39 is 5.97 Å². The Hall–Kier alpha value is -1.97. The predicted molar refractivity (Wildman–Crippen MR) is 88.3 cm³/mol. The zero-order valence-electron chi connectivity index (χ0n) is 13.4. The zero-order valence-corrected chi connectivity index (χ0v) is 13.4. The van der Waals surface area contributed by atoms with Gasteiger partial charge in [0, 0.05) is 5.92 Å². The van der Waals surface area contributed by atoms with Crippen LogP contribution in [0.5, 0.6) is 0 Å². The van der Waals surface area contributed by atoms with Gasteiger partial charge in [0.05, 0.1) is 0 Å². The lowest BCUT2D eigenvalue weighted by atomic mass is 9.80. The van der Waals surface area contributed by atoms with E-state index in [0.717, 1.165) is 24.3 Å². The predicted octanol–water partition coefficient (Wildman–Crippen LogP) is 4.73. The van der Waals surface area contributed by atoms with Crippen LogP contribution < -0.4 is 0 Å². The normalized spacial score (nSPS) is 26.3. The zero-order chi connectivity index (χ0) is 16.2. The van der Waals surface area contributed by atoms with Crippen molar-refractivity contribution in [1.82, 2.24) is 0 Å². The van der Waals surface area contributed by atoms with Crippen LogP contribution in [0.4, 0.5) is 4.39 Å². The summed E-state index contributed by atoms with van der Waals surface area (Å²) in [5.41, 5.74) is 1.05. The number of ether oxygens (including phenoxy) is 1. The van der Waals surface area contributed by atoms with Gasteiger partial charge in [-0.3, -0.25) is 0 Å². The Morgan fingerprint density at radius 3 is 2.57 bits per heavy atom. The number of hydrogen-bond acceptors (Lipinski definition) is 3. The van der Waals surface area contributed by atoms with Crippen molar-refractivity contribution in [2.45, 2.75) is 45.4 Å². The third kappa shape index (κ3) is 3.87. The molecule has 1 saturated carbocycles. The van der Waals surface area contributed by atoms with Crippen molar-refractivity contribution in [1.29, 1.82) is 0 Å². The van der Waals surface area contributed by atoms with Crippen LogP contribution in [-0.4, -0.2) is 11.9 Å². The second-order valence-electron chi connectivity index (χ2n) is 6.43. The van der Waals surface area contributed by atoms with Gasteiger partial charge >= 0.3 is 5.97 Å². The SMILES string of the molecule is CCCC1CCC(C2=N/C(=C\c3ccc(F)cc3)C(=O)O2)CC1. The van der Waals surface area contributed by atoms with Crippen molar-refractivity contribution in [2.24, 2.45) is 16.8 Å². The molecule has 2 aliphatic rings. The molecule has 3 nitrogen and oxygen atoms in total. The summed E-state index contributed by atoms with van der Waals surface area (Å²) in [5, 5.41) is 0. The summed E-state index contributed by atoms with van der Waals surface area (Å²) in [6.45, 7) is 2.22. The van der Waals surface area contributed by atoms with Gasteiger partial charge in [-0.15, -0.1) is 0 Å². The minimum Gasteiger partial charge on any atom is -0.406 e. The lowest BCUT2D eigenvalue weighted by molar-refractivity contribution is -0.130. The van der Waals surface area contributed by atoms with Crippen molar-refractivity contribution in [3.8, 4) is 0 Å². The van der Waals surface area contributed by atoms with Gasteiger partial charge in [0.25, 0.3) is 0 Å². The molecular formula is C19H22FNO2. The van der Waals surface area contributed by atoms with Crippen molar-refractivity contribution in [3.05, 3.63) is 41.3 Å². The molecular weight excluding hydrogens is 293 g/mol. The summed E-state index contributed by atoms with van der Waals surface area (Å²) in [6, 6.07) is 5.98. The number of nitrogens with zero attached hydrogens (tertiary/aromatic N) is 1. The first-order valence-electron chi connectivity index (χ1n) is 8.43. The van der Waals surface area contributed by atoms with Gasteiger partial charge < -0.3 is 4.74 Å². The number of esters is 1. The largest absolute Gasteiger partial charge is 0.406 e. The molecule has 0 aromatic heterocycles. The standard InChI is InChI=1S/C19H22FNO2/c1-2-3-13-4-8-15(9-5-13)18-21-17(19(22)23-18)12-14-6-10-16(20)11-7-14/h6-7,10-13,15H,2-5,8-9H2,1H3/b17-12-. The van der Waals surface area contributed by atoms with Gasteiger partial charge in [-0.25, -0.2) is 14.2 Å². The van der Waals surface area contributed by atoms with E-state index in [-0.39, 0.29) is 11.7 Å². The molecule has 122 valence electrons. The molecule has 1 aliphatic heterocycles. The van der Waals surface area contributed by atoms with Crippen LogP contribution in [0.15, 0.2) is 35.0 Å². The monoisotopic (exact) mass is 315 g/mol. The van der Waals surface area contributed by atoms with E-state index in [9.17, 15) is 9.18 Å². The van der Waals surface area contributed by atoms with Crippen LogP contribution in [0.2, 0.25) is 0 Å². The van der Waals surface area contributed by atoms with E-state index in [4.69, 9.17) is 4.74 Å². The molecule has 0 radical (unpaired) electrons. The van der Waals surface area contributed by atoms with Gasteiger partial charge in [0.15, 0.2) is 5.70 Å². The molecule has 1 aliphatic carbocycles. The Balaban J connectivity index is 1.68. The van der Waals surface area contributed by atoms with E-state index in [1.807, 2.05) is 0 Å². The Morgan fingerprint density at radius 1 is 1.22 bits per heavy atom. The molecule has 1 fully saturated rings. The first kappa shape index (κ1) is 15.9. The molecule has 0 unspecified atom stereocenters. The van der Waals surface area contributed by atoms with E-state index in [0.29, 0.717) is 11.6 Å². The topological polar surface area (TPSA) is 38.7 Å². The molecule has 4 heteroatoms. The Kier molecular flexibility index (Phi) is 4.89. The van der Waals surface area contributed by atoms with E-state index >= 15 is 0 Å². The highest BCUT2D eigenvalue weighted by Crippen LogP contribution is 2.34. The van der Waals surface area contributed by atoms with Gasteiger partial charge in [0.2, 0.25) is 5.90 Å². The van der Waals surface area contributed by atoms with Crippen molar-refractivity contribution in [2.75, 3.05) is 0 Å². The lowest BCUT2D eigenvalue weighted by Gasteiger charge is -2.27. The Bertz CT molecular complexity index is 625. The average molecular weight is 315 g/mol. The number of aliphatic imine (C=N–C) groups is 1. The maximum atomic E-state index is 12.9.